The van der Waals surface area contributed by atoms with Crippen LogP contribution in [-0.2, 0) is 10.0 Å². The number of rotatable bonds is 5. The lowest BCUT2D eigenvalue weighted by molar-refractivity contribution is 0.522. The van der Waals surface area contributed by atoms with Crippen LogP contribution >= 0.6 is 11.8 Å². The number of benzene rings is 1. The molecule has 0 heterocycles. The number of anilines is 1. The predicted molar refractivity (Wildman–Crippen MR) is 69.1 cm³/mol. The second kappa shape index (κ2) is 5.56. The normalized spacial score (nSPS) is 11.9. The maximum absolute atomic E-state index is 11.5. The van der Waals surface area contributed by atoms with Gasteiger partial charge in [-0.1, -0.05) is 12.1 Å². The molecule has 0 saturated carbocycles. The molecule has 0 bridgehead atoms. The van der Waals surface area contributed by atoms with Crippen molar-refractivity contribution in [3.8, 4) is 0 Å². The van der Waals surface area contributed by atoms with E-state index >= 15 is 0 Å². The molecular formula is C10H16N2O2S2. The first-order valence-corrected chi connectivity index (χ1v) is 7.40. The summed E-state index contributed by atoms with van der Waals surface area (Å²) in [6, 6.07) is 7.44. The van der Waals surface area contributed by atoms with E-state index in [1.165, 1.54) is 30.2 Å². The van der Waals surface area contributed by atoms with Gasteiger partial charge in [0.25, 0.3) is 0 Å². The van der Waals surface area contributed by atoms with E-state index in [2.05, 4.69) is 0 Å². The largest absolute Gasteiger partial charge is 0.398 e. The van der Waals surface area contributed by atoms with Crippen molar-refractivity contribution in [1.29, 1.82) is 0 Å². The third-order valence-electron chi connectivity index (χ3n) is 2.07. The molecule has 0 atom stereocenters. The Hall–Kier alpha value is -0.720. The molecule has 2 N–H and O–H groups in total. The van der Waals surface area contributed by atoms with E-state index in [4.69, 9.17) is 5.73 Å². The van der Waals surface area contributed by atoms with Gasteiger partial charge in [-0.2, -0.15) is 0 Å². The van der Waals surface area contributed by atoms with Crippen molar-refractivity contribution in [3.05, 3.63) is 24.3 Å². The molecule has 0 radical (unpaired) electrons. The monoisotopic (exact) mass is 260 g/mol. The van der Waals surface area contributed by atoms with Crippen LogP contribution in [0, 0.1) is 0 Å². The van der Waals surface area contributed by atoms with Crippen LogP contribution < -0.4 is 5.73 Å². The van der Waals surface area contributed by atoms with E-state index in [1.807, 2.05) is 24.3 Å². The van der Waals surface area contributed by atoms with E-state index in [-0.39, 0.29) is 5.75 Å². The average molecular weight is 260 g/mol. The maximum Gasteiger partial charge on any atom is 0.214 e. The van der Waals surface area contributed by atoms with E-state index in [0.717, 1.165) is 4.90 Å². The second-order valence-corrected chi connectivity index (χ2v) is 6.92. The van der Waals surface area contributed by atoms with Crippen LogP contribution in [0.1, 0.15) is 0 Å². The third kappa shape index (κ3) is 3.70. The lowest BCUT2D eigenvalue weighted by Gasteiger charge is -2.11. The van der Waals surface area contributed by atoms with Crippen molar-refractivity contribution in [1.82, 2.24) is 4.31 Å². The highest BCUT2D eigenvalue weighted by atomic mass is 32.2. The van der Waals surface area contributed by atoms with Gasteiger partial charge < -0.3 is 5.73 Å². The molecule has 0 aliphatic heterocycles. The van der Waals surface area contributed by atoms with E-state index in [1.54, 1.807) is 0 Å². The first-order valence-electron chi connectivity index (χ1n) is 4.81. The zero-order chi connectivity index (χ0) is 12.2. The van der Waals surface area contributed by atoms with Gasteiger partial charge in [-0.05, 0) is 12.1 Å². The van der Waals surface area contributed by atoms with Gasteiger partial charge in [0, 0.05) is 30.4 Å². The molecule has 0 aliphatic carbocycles. The molecule has 6 heteroatoms. The summed E-state index contributed by atoms with van der Waals surface area (Å²) in [6.45, 7) is 0. The van der Waals surface area contributed by atoms with Crippen LogP contribution in [0.3, 0.4) is 0 Å². The molecule has 1 aromatic carbocycles. The van der Waals surface area contributed by atoms with Crippen molar-refractivity contribution < 1.29 is 8.42 Å². The summed E-state index contributed by atoms with van der Waals surface area (Å²) in [4.78, 5) is 0.927. The summed E-state index contributed by atoms with van der Waals surface area (Å²) in [5, 5.41) is 0. The lowest BCUT2D eigenvalue weighted by atomic mass is 10.3. The van der Waals surface area contributed by atoms with Crippen molar-refractivity contribution in [3.63, 3.8) is 0 Å². The first kappa shape index (κ1) is 13.3. The number of thioether (sulfide) groups is 1. The van der Waals surface area contributed by atoms with Gasteiger partial charge in [0.2, 0.25) is 10.0 Å². The van der Waals surface area contributed by atoms with Gasteiger partial charge in [0.1, 0.15) is 0 Å². The molecule has 1 rings (SSSR count). The van der Waals surface area contributed by atoms with Gasteiger partial charge >= 0.3 is 0 Å². The highest BCUT2D eigenvalue weighted by molar-refractivity contribution is 8.00. The van der Waals surface area contributed by atoms with Crippen molar-refractivity contribution in [2.75, 3.05) is 31.3 Å². The Kier molecular flexibility index (Phi) is 4.64. The zero-order valence-electron chi connectivity index (χ0n) is 9.38. The second-order valence-electron chi connectivity index (χ2n) is 3.48. The summed E-state index contributed by atoms with van der Waals surface area (Å²) < 4.78 is 24.2. The molecule has 0 unspecified atom stereocenters. The fraction of sp³-hybridized carbons (Fsp3) is 0.400. The standard InChI is InChI=1S/C10H16N2O2S2/c1-12(2)16(13,14)8-7-15-10-6-4-3-5-9(10)11/h3-6H,7-8,11H2,1-2H3. The van der Waals surface area contributed by atoms with Gasteiger partial charge in [-0.25, -0.2) is 12.7 Å². The minimum absolute atomic E-state index is 0.124. The SMILES string of the molecule is CN(C)S(=O)(=O)CCSc1ccccc1N. The summed E-state index contributed by atoms with van der Waals surface area (Å²) in [5.74, 6) is 0.633. The molecule has 0 spiro atoms. The van der Waals surface area contributed by atoms with Crippen molar-refractivity contribution in [2.24, 2.45) is 0 Å². The maximum atomic E-state index is 11.5. The quantitative estimate of drug-likeness (QED) is 0.639. The molecular weight excluding hydrogens is 244 g/mol. The highest BCUT2D eigenvalue weighted by Crippen LogP contribution is 2.24. The van der Waals surface area contributed by atoms with Crippen LogP contribution in [-0.4, -0.2) is 38.3 Å². The Morgan fingerprint density at radius 1 is 1.31 bits per heavy atom. The van der Waals surface area contributed by atoms with Crippen LogP contribution in [0.4, 0.5) is 5.69 Å². The van der Waals surface area contributed by atoms with Gasteiger partial charge in [-0.15, -0.1) is 11.8 Å². The molecule has 1 aromatic rings. The molecule has 0 amide bonds. The number of hydrogen-bond donors (Lipinski definition) is 1. The number of para-hydroxylation sites is 1. The number of hydrogen-bond acceptors (Lipinski definition) is 4. The van der Waals surface area contributed by atoms with Crippen LogP contribution in [0.15, 0.2) is 29.2 Å². The van der Waals surface area contributed by atoms with Crippen LogP contribution in [0.5, 0.6) is 0 Å². The third-order valence-corrected chi connectivity index (χ3v) is 5.26. The van der Waals surface area contributed by atoms with E-state index in [9.17, 15) is 8.42 Å². The van der Waals surface area contributed by atoms with Crippen molar-refractivity contribution >= 4 is 27.5 Å². The average Bonchev–Trinajstić information content (AvgIpc) is 2.20. The van der Waals surface area contributed by atoms with Gasteiger partial charge in [0.15, 0.2) is 0 Å². The molecule has 4 nitrogen and oxygen atoms in total. The summed E-state index contributed by atoms with van der Waals surface area (Å²) in [5.41, 5.74) is 6.44. The first-order chi connectivity index (χ1) is 7.43. The molecule has 0 saturated heterocycles. The summed E-state index contributed by atoms with van der Waals surface area (Å²) in [6.07, 6.45) is 0. The topological polar surface area (TPSA) is 63.4 Å². The Labute approximate surface area is 101 Å². The number of nitrogen functional groups attached to an aromatic ring is 1. The number of nitrogens with zero attached hydrogens (tertiary/aromatic N) is 1. The Morgan fingerprint density at radius 2 is 1.94 bits per heavy atom. The minimum Gasteiger partial charge on any atom is -0.398 e. The van der Waals surface area contributed by atoms with E-state index < -0.39 is 10.0 Å². The minimum atomic E-state index is -3.11. The smallest absolute Gasteiger partial charge is 0.214 e. The molecule has 0 fully saturated rings. The molecule has 0 aromatic heterocycles. The predicted octanol–water partition coefficient (Wildman–Crippen LogP) is 1.25. The Morgan fingerprint density at radius 3 is 2.50 bits per heavy atom. The Bertz CT molecular complexity index is 444. The van der Waals surface area contributed by atoms with Crippen LogP contribution in [0.2, 0.25) is 0 Å². The molecule has 0 aliphatic rings. The Balaban J connectivity index is 2.52. The zero-order valence-corrected chi connectivity index (χ0v) is 11.0. The molecule has 90 valence electrons. The van der Waals surface area contributed by atoms with Crippen molar-refractivity contribution in [2.45, 2.75) is 4.90 Å². The number of sulfonamides is 1. The fourth-order valence-electron chi connectivity index (χ4n) is 1.05. The summed E-state index contributed by atoms with van der Waals surface area (Å²) >= 11 is 1.46. The van der Waals surface area contributed by atoms with Gasteiger partial charge in [0.05, 0.1) is 5.75 Å². The fourth-order valence-corrected chi connectivity index (χ4v) is 3.22. The number of nitrogens with two attached hydrogens (primary N) is 1. The van der Waals surface area contributed by atoms with E-state index in [0.29, 0.717) is 11.4 Å². The molecule has 16 heavy (non-hydrogen) atoms. The van der Waals surface area contributed by atoms with Gasteiger partial charge in [-0.3, -0.25) is 0 Å². The van der Waals surface area contributed by atoms with Crippen LogP contribution in [0.25, 0.3) is 0 Å². The summed E-state index contributed by atoms with van der Waals surface area (Å²) in [7, 11) is -0.0324. The highest BCUT2D eigenvalue weighted by Gasteiger charge is 2.13. The lowest BCUT2D eigenvalue weighted by Crippen LogP contribution is -2.26.